The van der Waals surface area contributed by atoms with Gasteiger partial charge in [0.25, 0.3) is 6.04 Å². The molecule has 7 unspecified atom stereocenters. The molecule has 0 radical (unpaired) electrons. The monoisotopic (exact) mass is 491 g/mol. The van der Waals surface area contributed by atoms with E-state index in [2.05, 4.69) is 32.8 Å². The van der Waals surface area contributed by atoms with E-state index in [9.17, 15) is 13.3 Å². The quantitative estimate of drug-likeness (QED) is 0.442. The Kier molecular flexibility index (Phi) is 7.22. The summed E-state index contributed by atoms with van der Waals surface area (Å²) >= 11 is 0. The van der Waals surface area contributed by atoms with Gasteiger partial charge in [-0.2, -0.15) is 0 Å². The fourth-order valence-electron chi connectivity index (χ4n) is 6.60. The molecule has 9 nitrogen and oxygen atoms in total. The van der Waals surface area contributed by atoms with Crippen molar-refractivity contribution < 1.29 is 13.3 Å². The third kappa shape index (κ3) is 5.46. The summed E-state index contributed by atoms with van der Waals surface area (Å²) in [6.07, 6.45) is 6.82. The van der Waals surface area contributed by atoms with Crippen LogP contribution in [0.2, 0.25) is 0 Å². The molecule has 3 aliphatic heterocycles. The Morgan fingerprint density at radius 1 is 1.12 bits per heavy atom. The van der Waals surface area contributed by atoms with Crippen molar-refractivity contribution in [3.05, 3.63) is 40.8 Å². The highest BCUT2D eigenvalue weighted by Crippen LogP contribution is 2.37. The predicted molar refractivity (Wildman–Crippen MR) is 131 cm³/mol. The summed E-state index contributed by atoms with van der Waals surface area (Å²) in [5.41, 5.74) is 1.14. The van der Waals surface area contributed by atoms with E-state index in [-0.39, 0.29) is 36.3 Å². The molecule has 7 atom stereocenters. The maximum Gasteiger partial charge on any atom is 0.251 e. The van der Waals surface area contributed by atoms with Crippen molar-refractivity contribution in [1.29, 1.82) is 0 Å². The molecule has 34 heavy (non-hydrogen) atoms. The van der Waals surface area contributed by atoms with Gasteiger partial charge in [-0.15, -0.1) is 5.01 Å². The summed E-state index contributed by atoms with van der Waals surface area (Å²) in [5.74, 6) is 0.822. The van der Waals surface area contributed by atoms with Crippen LogP contribution in [-0.2, 0) is 10.0 Å². The number of rotatable bonds is 6. The van der Waals surface area contributed by atoms with E-state index in [4.69, 9.17) is 0 Å². The van der Waals surface area contributed by atoms with Gasteiger partial charge in [0.05, 0.1) is 36.5 Å². The minimum absolute atomic E-state index is 0.0580. The van der Waals surface area contributed by atoms with Crippen molar-refractivity contribution in [2.24, 2.45) is 11.8 Å². The maximum atomic E-state index is 13.5. The summed E-state index contributed by atoms with van der Waals surface area (Å²) in [7, 11) is -3.25. The van der Waals surface area contributed by atoms with Gasteiger partial charge in [0.2, 0.25) is 10.0 Å². The minimum Gasteiger partial charge on any atom is -0.316 e. The second kappa shape index (κ2) is 10.2. The van der Waals surface area contributed by atoms with E-state index >= 15 is 0 Å². The zero-order valence-electron chi connectivity index (χ0n) is 20.0. The number of fused-ring (bicyclic) bond motifs is 1. The molecule has 4 aliphatic rings. The zero-order chi connectivity index (χ0) is 23.7. The normalized spacial score (nSPS) is 36.9. The average Bonchev–Trinajstić information content (AvgIpc) is 3.18. The minimum atomic E-state index is -3.25. The molecule has 3 saturated heterocycles. The van der Waals surface area contributed by atoms with Gasteiger partial charge in [-0.25, -0.2) is 13.1 Å². The van der Waals surface area contributed by atoms with Crippen LogP contribution >= 0.6 is 0 Å². The number of nitrogens with zero attached hydrogens (tertiary/aromatic N) is 2. The van der Waals surface area contributed by atoms with Crippen molar-refractivity contribution in [2.75, 3.05) is 32.4 Å². The average molecular weight is 492 g/mol. The molecule has 0 aromatic heterocycles. The molecule has 0 bridgehead atoms. The smallest absolute Gasteiger partial charge is 0.251 e. The molecule has 1 aromatic rings. The van der Waals surface area contributed by atoms with Gasteiger partial charge >= 0.3 is 0 Å². The molecule has 4 fully saturated rings. The van der Waals surface area contributed by atoms with Crippen molar-refractivity contribution in [1.82, 2.24) is 25.7 Å². The van der Waals surface area contributed by atoms with Gasteiger partial charge in [0.1, 0.15) is 4.87 Å². The van der Waals surface area contributed by atoms with Crippen LogP contribution in [0.25, 0.3) is 0 Å². The summed E-state index contributed by atoms with van der Waals surface area (Å²) in [5, 5.41) is 13.0. The lowest BCUT2D eigenvalue weighted by Crippen LogP contribution is -2.66. The summed E-state index contributed by atoms with van der Waals surface area (Å²) < 4.78 is 26.5. The van der Waals surface area contributed by atoms with E-state index < -0.39 is 10.0 Å². The van der Waals surface area contributed by atoms with Crippen LogP contribution in [0.1, 0.15) is 50.3 Å². The van der Waals surface area contributed by atoms with Crippen molar-refractivity contribution in [3.63, 3.8) is 0 Å². The van der Waals surface area contributed by atoms with E-state index in [0.717, 1.165) is 57.4 Å². The number of hydrazine groups is 1. The fourth-order valence-corrected chi connectivity index (χ4v) is 7.42. The predicted octanol–water partition coefficient (Wildman–Crippen LogP) is 1.10. The molecule has 0 amide bonds. The number of nitrogens with one attached hydrogen (secondary N) is 4. The number of hydrogen-bond donors (Lipinski definition) is 4. The van der Waals surface area contributed by atoms with Crippen LogP contribution in [0.15, 0.2) is 30.3 Å². The van der Waals surface area contributed by atoms with Gasteiger partial charge in [-0.05, 0) is 62.6 Å². The summed E-state index contributed by atoms with van der Waals surface area (Å²) in [4.78, 5) is 14.8. The van der Waals surface area contributed by atoms with Crippen LogP contribution in [0, 0.1) is 16.7 Å². The topological polar surface area (TPSA) is 106 Å². The Labute approximate surface area is 203 Å². The highest BCUT2D eigenvalue weighted by molar-refractivity contribution is 7.88. The van der Waals surface area contributed by atoms with Gasteiger partial charge in [0.15, 0.2) is 0 Å². The number of piperidine rings is 1. The molecular weight excluding hydrogens is 452 g/mol. The SMILES string of the molecule is CS(=O)(=O)NC1CCC2C(C1)NC(c1ccccc1)NC2C1CCN(CC2CCCNC2)[N+]1=O. The Morgan fingerprint density at radius 3 is 2.68 bits per heavy atom. The van der Waals surface area contributed by atoms with Crippen molar-refractivity contribution >= 4 is 10.0 Å². The molecule has 188 valence electrons. The van der Waals surface area contributed by atoms with Crippen LogP contribution in [0.4, 0.5) is 0 Å². The standard InChI is InChI=1S/C24H39N6O3S/c1-34(32,33)28-19-9-10-20-21(14-19)26-24(18-7-3-2-4-8-18)27-23(20)22-11-13-29(30(22)31)16-17-6-5-12-25-15-17/h2-4,7-8,17,19-28H,5-6,9-16H2,1H3/q+1. The maximum absolute atomic E-state index is 13.5. The van der Waals surface area contributed by atoms with Crippen LogP contribution in [0.3, 0.4) is 0 Å². The highest BCUT2D eigenvalue weighted by atomic mass is 32.2. The fraction of sp³-hybridized carbons (Fsp3) is 0.750. The molecule has 1 aliphatic carbocycles. The summed E-state index contributed by atoms with van der Waals surface area (Å²) in [6.45, 7) is 3.71. The molecule has 5 rings (SSSR count). The first-order valence-corrected chi connectivity index (χ1v) is 14.7. The van der Waals surface area contributed by atoms with Crippen molar-refractivity contribution in [2.45, 2.75) is 68.9 Å². The van der Waals surface area contributed by atoms with Gasteiger partial charge in [0, 0.05) is 18.5 Å². The molecule has 4 N–H and O–H groups in total. The van der Waals surface area contributed by atoms with E-state index in [0.29, 0.717) is 5.92 Å². The molecular formula is C24H39N6O3S+. The molecule has 1 aromatic carbocycles. The first kappa shape index (κ1) is 24.1. The Hall–Kier alpha value is -1.59. The van der Waals surface area contributed by atoms with E-state index in [1.807, 2.05) is 23.2 Å². The lowest BCUT2D eigenvalue weighted by molar-refractivity contribution is -0.715. The second-order valence-corrected chi connectivity index (χ2v) is 12.4. The van der Waals surface area contributed by atoms with Crippen molar-refractivity contribution in [3.8, 4) is 0 Å². The van der Waals surface area contributed by atoms with Crippen LogP contribution in [-0.4, -0.2) is 74.9 Å². The lowest BCUT2D eigenvalue weighted by Gasteiger charge is -2.48. The van der Waals surface area contributed by atoms with Crippen LogP contribution < -0.4 is 20.7 Å². The third-order valence-corrected chi connectivity index (χ3v) is 8.91. The molecule has 3 heterocycles. The second-order valence-electron chi connectivity index (χ2n) is 10.7. The Bertz CT molecular complexity index is 955. The number of sulfonamides is 1. The van der Waals surface area contributed by atoms with Crippen LogP contribution in [0.5, 0.6) is 0 Å². The third-order valence-electron chi connectivity index (χ3n) is 8.15. The van der Waals surface area contributed by atoms with Gasteiger partial charge in [-0.1, -0.05) is 30.3 Å². The number of hydrogen-bond acceptors (Lipinski definition) is 6. The molecule has 10 heteroatoms. The largest absolute Gasteiger partial charge is 0.316 e. The highest BCUT2D eigenvalue weighted by Gasteiger charge is 2.53. The Morgan fingerprint density at radius 2 is 1.94 bits per heavy atom. The van der Waals surface area contributed by atoms with Gasteiger partial charge < -0.3 is 5.32 Å². The first-order valence-electron chi connectivity index (χ1n) is 12.8. The van der Waals surface area contributed by atoms with E-state index in [1.54, 1.807) is 0 Å². The van der Waals surface area contributed by atoms with Gasteiger partial charge in [-0.3, -0.25) is 10.6 Å². The summed E-state index contributed by atoms with van der Waals surface area (Å²) in [6, 6.07) is 10.3. The number of benzene rings is 1. The number of nitroso groups, excluding NO2 is 1. The zero-order valence-corrected chi connectivity index (χ0v) is 20.8. The molecule has 1 saturated carbocycles. The lowest BCUT2D eigenvalue weighted by atomic mass is 9.73. The van der Waals surface area contributed by atoms with E-state index in [1.165, 1.54) is 24.0 Å². The molecule has 0 spiro atoms. The first-order chi connectivity index (χ1) is 16.4. The Balaban J connectivity index is 1.33.